The minimum atomic E-state index is -0.861. The quantitative estimate of drug-likeness (QED) is 0.853. The number of amides is 1. The van der Waals surface area contributed by atoms with Gasteiger partial charge in [0.15, 0.2) is 0 Å². The summed E-state index contributed by atoms with van der Waals surface area (Å²) < 4.78 is 13.3. The van der Waals surface area contributed by atoms with Gasteiger partial charge in [-0.1, -0.05) is 13.8 Å². The van der Waals surface area contributed by atoms with Crippen molar-refractivity contribution >= 4 is 5.91 Å². The molecule has 2 heterocycles. The van der Waals surface area contributed by atoms with Crippen molar-refractivity contribution in [1.29, 1.82) is 0 Å². The number of carbonyl (C=O) groups excluding carboxylic acids is 1. The van der Waals surface area contributed by atoms with Crippen molar-refractivity contribution in [2.75, 3.05) is 26.3 Å². The Bertz CT molecular complexity index is 574. The molecule has 1 saturated carbocycles. The van der Waals surface area contributed by atoms with Crippen LogP contribution in [-0.4, -0.2) is 64.6 Å². The second-order valence-corrected chi connectivity index (χ2v) is 7.31. The van der Waals surface area contributed by atoms with Gasteiger partial charge < -0.3 is 20.1 Å². The van der Waals surface area contributed by atoms with Crippen molar-refractivity contribution in [2.45, 2.75) is 51.5 Å². The fourth-order valence-corrected chi connectivity index (χ4v) is 3.71. The van der Waals surface area contributed by atoms with E-state index < -0.39 is 5.54 Å². The van der Waals surface area contributed by atoms with Crippen molar-refractivity contribution in [3.63, 3.8) is 0 Å². The Morgan fingerprint density at radius 2 is 2.29 bits per heavy atom. The van der Waals surface area contributed by atoms with Crippen LogP contribution in [0.2, 0.25) is 0 Å². The number of nitrogens with two attached hydrogens (primary N) is 1. The molecule has 7 heteroatoms. The van der Waals surface area contributed by atoms with Crippen LogP contribution in [0.3, 0.4) is 0 Å². The van der Waals surface area contributed by atoms with Crippen LogP contribution < -0.4 is 5.73 Å². The zero-order chi connectivity index (χ0) is 17.4. The second-order valence-electron chi connectivity index (χ2n) is 7.31. The van der Waals surface area contributed by atoms with Gasteiger partial charge in [-0.3, -0.25) is 9.48 Å². The topological polar surface area (TPSA) is 82.6 Å². The SMILES string of the molecule is CCOC1CC(N)(C(=O)N2CCOC(Cn3cccn3)C2)C1(C)C. The lowest BCUT2D eigenvalue weighted by Gasteiger charge is -2.59. The minimum Gasteiger partial charge on any atom is -0.378 e. The van der Waals surface area contributed by atoms with Crippen LogP contribution in [0, 0.1) is 5.41 Å². The highest BCUT2D eigenvalue weighted by Gasteiger charge is 2.63. The summed E-state index contributed by atoms with van der Waals surface area (Å²) in [6, 6.07) is 1.88. The van der Waals surface area contributed by atoms with E-state index in [4.69, 9.17) is 15.2 Å². The monoisotopic (exact) mass is 336 g/mol. The van der Waals surface area contributed by atoms with E-state index in [0.29, 0.717) is 39.3 Å². The van der Waals surface area contributed by atoms with Crippen LogP contribution in [0.1, 0.15) is 27.2 Å². The molecular weight excluding hydrogens is 308 g/mol. The van der Waals surface area contributed by atoms with Crippen LogP contribution in [0.5, 0.6) is 0 Å². The molecule has 1 amide bonds. The summed E-state index contributed by atoms with van der Waals surface area (Å²) in [5.41, 5.74) is 5.30. The summed E-state index contributed by atoms with van der Waals surface area (Å²) in [4.78, 5) is 14.9. The van der Waals surface area contributed by atoms with Gasteiger partial charge in [0.25, 0.3) is 0 Å². The summed E-state index contributed by atoms with van der Waals surface area (Å²) in [6.07, 6.45) is 4.20. The number of hydrogen-bond donors (Lipinski definition) is 1. The Morgan fingerprint density at radius 1 is 1.50 bits per heavy atom. The lowest BCUT2D eigenvalue weighted by molar-refractivity contribution is -0.184. The van der Waals surface area contributed by atoms with Crippen LogP contribution in [-0.2, 0) is 20.8 Å². The molecule has 1 aliphatic heterocycles. The van der Waals surface area contributed by atoms with Gasteiger partial charge in [0, 0.05) is 43.9 Å². The molecule has 1 saturated heterocycles. The van der Waals surface area contributed by atoms with E-state index >= 15 is 0 Å². The number of ether oxygens (including phenoxy) is 2. The first kappa shape index (κ1) is 17.4. The highest BCUT2D eigenvalue weighted by Crippen LogP contribution is 2.50. The second kappa shape index (κ2) is 6.46. The van der Waals surface area contributed by atoms with Gasteiger partial charge in [-0.15, -0.1) is 0 Å². The number of hydrogen-bond acceptors (Lipinski definition) is 5. The summed E-state index contributed by atoms with van der Waals surface area (Å²) in [5.74, 6) is 0.0113. The minimum absolute atomic E-state index is 0.0113. The number of carbonyl (C=O) groups is 1. The maximum Gasteiger partial charge on any atom is 0.243 e. The predicted octanol–water partition coefficient (Wildman–Crippen LogP) is 0.643. The molecular formula is C17H28N4O3. The molecule has 0 aromatic carbocycles. The normalized spacial score (nSPS) is 32.4. The van der Waals surface area contributed by atoms with E-state index in [1.165, 1.54) is 0 Å². The van der Waals surface area contributed by atoms with E-state index in [9.17, 15) is 4.79 Å². The lowest BCUT2D eigenvalue weighted by Crippen LogP contribution is -2.76. The summed E-state index contributed by atoms with van der Waals surface area (Å²) in [5, 5.41) is 4.20. The van der Waals surface area contributed by atoms with Crippen molar-refractivity contribution in [2.24, 2.45) is 11.1 Å². The first-order valence-electron chi connectivity index (χ1n) is 8.67. The zero-order valence-electron chi connectivity index (χ0n) is 14.8. The van der Waals surface area contributed by atoms with E-state index in [2.05, 4.69) is 5.10 Å². The molecule has 3 atom stereocenters. The van der Waals surface area contributed by atoms with Gasteiger partial charge in [0.2, 0.25) is 5.91 Å². The molecule has 2 aliphatic rings. The molecule has 7 nitrogen and oxygen atoms in total. The number of aromatic nitrogens is 2. The van der Waals surface area contributed by atoms with Crippen LogP contribution in [0.25, 0.3) is 0 Å². The van der Waals surface area contributed by atoms with Crippen molar-refractivity contribution in [3.8, 4) is 0 Å². The molecule has 1 aromatic rings. The molecule has 3 unspecified atom stereocenters. The van der Waals surface area contributed by atoms with Crippen LogP contribution in [0.4, 0.5) is 0 Å². The zero-order valence-corrected chi connectivity index (χ0v) is 14.8. The Morgan fingerprint density at radius 3 is 2.92 bits per heavy atom. The van der Waals surface area contributed by atoms with Gasteiger partial charge in [-0.2, -0.15) is 5.10 Å². The Kier molecular flexibility index (Phi) is 4.68. The molecule has 0 radical (unpaired) electrons. The number of nitrogens with zero attached hydrogens (tertiary/aromatic N) is 3. The molecule has 3 rings (SSSR count). The van der Waals surface area contributed by atoms with Crippen LogP contribution >= 0.6 is 0 Å². The van der Waals surface area contributed by atoms with Gasteiger partial charge in [-0.05, 0) is 13.0 Å². The maximum atomic E-state index is 13.1. The van der Waals surface area contributed by atoms with Gasteiger partial charge in [0.05, 0.1) is 25.4 Å². The average molecular weight is 336 g/mol. The summed E-state index contributed by atoms with van der Waals surface area (Å²) >= 11 is 0. The van der Waals surface area contributed by atoms with Crippen molar-refractivity contribution in [1.82, 2.24) is 14.7 Å². The van der Waals surface area contributed by atoms with E-state index in [0.717, 1.165) is 0 Å². The largest absolute Gasteiger partial charge is 0.378 e. The Labute approximate surface area is 143 Å². The highest BCUT2D eigenvalue weighted by molar-refractivity contribution is 5.89. The lowest BCUT2D eigenvalue weighted by atomic mass is 9.54. The van der Waals surface area contributed by atoms with E-state index in [-0.39, 0.29) is 23.5 Å². The molecule has 2 N–H and O–H groups in total. The van der Waals surface area contributed by atoms with Gasteiger partial charge in [0.1, 0.15) is 5.54 Å². The molecule has 24 heavy (non-hydrogen) atoms. The van der Waals surface area contributed by atoms with Crippen molar-refractivity contribution in [3.05, 3.63) is 18.5 Å². The molecule has 0 bridgehead atoms. The Balaban J connectivity index is 1.64. The summed E-state index contributed by atoms with van der Waals surface area (Å²) in [6.45, 7) is 8.96. The third kappa shape index (κ3) is 2.85. The number of morpholine rings is 1. The van der Waals surface area contributed by atoms with Gasteiger partial charge >= 0.3 is 0 Å². The fourth-order valence-electron chi connectivity index (χ4n) is 3.71. The molecule has 0 spiro atoms. The third-order valence-electron chi connectivity index (χ3n) is 5.59. The van der Waals surface area contributed by atoms with Gasteiger partial charge in [-0.25, -0.2) is 0 Å². The maximum absolute atomic E-state index is 13.1. The highest BCUT2D eigenvalue weighted by atomic mass is 16.5. The fraction of sp³-hybridized carbons (Fsp3) is 0.765. The first-order chi connectivity index (χ1) is 11.4. The molecule has 1 aliphatic carbocycles. The summed E-state index contributed by atoms with van der Waals surface area (Å²) in [7, 11) is 0. The molecule has 2 fully saturated rings. The molecule has 1 aromatic heterocycles. The number of rotatable bonds is 5. The predicted molar refractivity (Wildman–Crippen MR) is 89.3 cm³/mol. The average Bonchev–Trinajstić information content (AvgIpc) is 3.07. The Hall–Kier alpha value is -1.44. The molecule has 134 valence electrons. The first-order valence-corrected chi connectivity index (χ1v) is 8.67. The van der Waals surface area contributed by atoms with Crippen LogP contribution in [0.15, 0.2) is 18.5 Å². The standard InChI is InChI=1S/C17H28N4O3/c1-4-23-14-10-17(18,16(14,2)3)15(22)20-8-9-24-13(11-20)12-21-7-5-6-19-21/h5-7,13-14H,4,8-12,18H2,1-3H3. The smallest absolute Gasteiger partial charge is 0.243 e. The van der Waals surface area contributed by atoms with E-state index in [1.54, 1.807) is 6.20 Å². The van der Waals surface area contributed by atoms with E-state index in [1.807, 2.05) is 42.6 Å². The van der Waals surface area contributed by atoms with Crippen molar-refractivity contribution < 1.29 is 14.3 Å². The third-order valence-corrected chi connectivity index (χ3v) is 5.59.